The van der Waals surface area contributed by atoms with Crippen molar-refractivity contribution in [2.75, 3.05) is 19.0 Å². The van der Waals surface area contributed by atoms with E-state index >= 15 is 0 Å². The first kappa shape index (κ1) is 12.3. The number of hydrogen-bond donors (Lipinski definition) is 2. The molecule has 0 saturated carbocycles. The van der Waals surface area contributed by atoms with Crippen molar-refractivity contribution in [1.82, 2.24) is 9.97 Å². The molecule has 1 aromatic rings. The first-order chi connectivity index (χ1) is 7.44. The van der Waals surface area contributed by atoms with Gasteiger partial charge in [-0.15, -0.1) is 0 Å². The summed E-state index contributed by atoms with van der Waals surface area (Å²) in [5.41, 5.74) is -0.549. The van der Waals surface area contributed by atoms with Gasteiger partial charge in [-0.2, -0.15) is 13.2 Å². The van der Waals surface area contributed by atoms with Crippen LogP contribution in [0.5, 0.6) is 5.75 Å². The fraction of sp³-hybridized carbons (Fsp3) is 0.500. The van der Waals surface area contributed by atoms with E-state index in [4.69, 9.17) is 4.74 Å². The molecule has 1 aromatic heterocycles. The monoisotopic (exact) mass is 237 g/mol. The second-order valence-corrected chi connectivity index (χ2v) is 2.91. The summed E-state index contributed by atoms with van der Waals surface area (Å²) in [6, 6.07) is 0. The maximum Gasteiger partial charge on any atom is 0.390 e. The van der Waals surface area contributed by atoms with Crippen LogP contribution in [0.3, 0.4) is 0 Å². The summed E-state index contributed by atoms with van der Waals surface area (Å²) in [5, 5.41) is 2.39. The molecule has 0 amide bonds. The normalized spacial score (nSPS) is 11.2. The zero-order valence-corrected chi connectivity index (χ0v) is 8.39. The quantitative estimate of drug-likeness (QED) is 0.824. The molecule has 16 heavy (non-hydrogen) atoms. The molecule has 90 valence electrons. The van der Waals surface area contributed by atoms with Gasteiger partial charge in [0.05, 0.1) is 19.9 Å². The highest BCUT2D eigenvalue weighted by Gasteiger charge is 2.26. The minimum atomic E-state index is -4.25. The van der Waals surface area contributed by atoms with Gasteiger partial charge in [0.2, 0.25) is 5.75 Å². The maximum absolute atomic E-state index is 11.9. The van der Waals surface area contributed by atoms with Gasteiger partial charge in [-0.1, -0.05) is 0 Å². The van der Waals surface area contributed by atoms with Gasteiger partial charge in [-0.3, -0.25) is 4.79 Å². The third kappa shape index (κ3) is 3.44. The molecule has 5 nitrogen and oxygen atoms in total. The van der Waals surface area contributed by atoms with Crippen LogP contribution in [-0.4, -0.2) is 29.8 Å². The number of methoxy groups -OCH3 is 1. The lowest BCUT2D eigenvalue weighted by Crippen LogP contribution is -2.18. The van der Waals surface area contributed by atoms with Crippen molar-refractivity contribution in [1.29, 1.82) is 0 Å². The standard InChI is InChI=1S/C8H10F3N3O2/c1-16-5-6(13-4-14-7(5)15)12-3-2-8(9,10)11/h4H,2-3H2,1H3,(H2,12,13,14,15). The molecule has 1 rings (SSSR count). The number of anilines is 1. The lowest BCUT2D eigenvalue weighted by Gasteiger charge is -2.10. The number of nitrogens with one attached hydrogen (secondary N) is 2. The van der Waals surface area contributed by atoms with Crippen molar-refractivity contribution in [2.24, 2.45) is 0 Å². The summed E-state index contributed by atoms with van der Waals surface area (Å²) in [5.74, 6) is -0.139. The van der Waals surface area contributed by atoms with E-state index in [1.165, 1.54) is 7.11 Å². The topological polar surface area (TPSA) is 67.0 Å². The molecule has 8 heteroatoms. The van der Waals surface area contributed by atoms with Crippen LogP contribution in [-0.2, 0) is 0 Å². The Kier molecular flexibility index (Phi) is 3.75. The summed E-state index contributed by atoms with van der Waals surface area (Å²) < 4.78 is 40.3. The van der Waals surface area contributed by atoms with Gasteiger partial charge in [-0.05, 0) is 0 Å². The Morgan fingerprint density at radius 3 is 2.81 bits per heavy atom. The number of aromatic amines is 1. The predicted octanol–water partition coefficient (Wildman–Crippen LogP) is 1.14. The number of rotatable bonds is 4. The van der Waals surface area contributed by atoms with Crippen LogP contribution < -0.4 is 15.6 Å². The Balaban J connectivity index is 2.67. The molecule has 0 spiro atoms. The maximum atomic E-state index is 11.9. The lowest BCUT2D eigenvalue weighted by molar-refractivity contribution is -0.131. The molecule has 0 aliphatic rings. The highest BCUT2D eigenvalue weighted by Crippen LogP contribution is 2.20. The molecule has 0 aliphatic carbocycles. The van der Waals surface area contributed by atoms with E-state index in [0.717, 1.165) is 6.33 Å². The van der Waals surface area contributed by atoms with Crippen molar-refractivity contribution >= 4 is 5.82 Å². The number of ether oxygens (including phenoxy) is 1. The molecule has 2 N–H and O–H groups in total. The Bertz CT molecular complexity index is 402. The van der Waals surface area contributed by atoms with E-state index in [0.29, 0.717) is 0 Å². The predicted molar refractivity (Wildman–Crippen MR) is 50.6 cm³/mol. The summed E-state index contributed by atoms with van der Waals surface area (Å²) in [6.07, 6.45) is -4.17. The second kappa shape index (κ2) is 4.86. The minimum Gasteiger partial charge on any atom is -0.489 e. The average molecular weight is 237 g/mol. The van der Waals surface area contributed by atoms with E-state index in [9.17, 15) is 18.0 Å². The first-order valence-electron chi connectivity index (χ1n) is 4.36. The van der Waals surface area contributed by atoms with Gasteiger partial charge in [0.15, 0.2) is 5.82 Å². The molecular formula is C8H10F3N3O2. The Hall–Kier alpha value is -1.73. The molecule has 0 aromatic carbocycles. The number of aromatic nitrogens is 2. The highest BCUT2D eigenvalue weighted by molar-refractivity contribution is 5.47. The Morgan fingerprint density at radius 1 is 1.56 bits per heavy atom. The van der Waals surface area contributed by atoms with Crippen molar-refractivity contribution in [3.63, 3.8) is 0 Å². The smallest absolute Gasteiger partial charge is 0.390 e. The molecule has 0 fully saturated rings. The molecule has 0 unspecified atom stereocenters. The van der Waals surface area contributed by atoms with Crippen LogP contribution in [0, 0.1) is 0 Å². The fourth-order valence-electron chi connectivity index (χ4n) is 1.03. The Morgan fingerprint density at radius 2 is 2.25 bits per heavy atom. The highest BCUT2D eigenvalue weighted by atomic mass is 19.4. The summed E-state index contributed by atoms with van der Waals surface area (Å²) in [7, 11) is 1.24. The SMILES string of the molecule is COc1c(NCCC(F)(F)F)nc[nH]c1=O. The van der Waals surface area contributed by atoms with Crippen molar-refractivity contribution in [3.8, 4) is 5.75 Å². The van der Waals surface area contributed by atoms with E-state index < -0.39 is 18.2 Å². The van der Waals surface area contributed by atoms with Gasteiger partial charge in [-0.25, -0.2) is 4.98 Å². The molecule has 0 bridgehead atoms. The van der Waals surface area contributed by atoms with E-state index in [1.54, 1.807) is 0 Å². The third-order valence-corrected chi connectivity index (χ3v) is 1.72. The minimum absolute atomic E-state index is 0.00417. The number of alkyl halides is 3. The van der Waals surface area contributed by atoms with Crippen molar-refractivity contribution in [2.45, 2.75) is 12.6 Å². The summed E-state index contributed by atoms with van der Waals surface area (Å²) >= 11 is 0. The number of H-pyrrole nitrogens is 1. The number of nitrogens with zero attached hydrogens (tertiary/aromatic N) is 1. The largest absolute Gasteiger partial charge is 0.489 e. The zero-order chi connectivity index (χ0) is 12.2. The van der Waals surface area contributed by atoms with Crippen molar-refractivity contribution < 1.29 is 17.9 Å². The fourth-order valence-corrected chi connectivity index (χ4v) is 1.03. The van der Waals surface area contributed by atoms with Crippen molar-refractivity contribution in [3.05, 3.63) is 16.7 Å². The molecular weight excluding hydrogens is 227 g/mol. The van der Waals surface area contributed by atoms with Crippen LogP contribution in [0.25, 0.3) is 0 Å². The van der Waals surface area contributed by atoms with Gasteiger partial charge >= 0.3 is 6.18 Å². The van der Waals surface area contributed by atoms with Crippen LogP contribution in [0.4, 0.5) is 19.0 Å². The van der Waals surface area contributed by atoms with E-state index in [1.807, 2.05) is 0 Å². The van der Waals surface area contributed by atoms with E-state index in [-0.39, 0.29) is 18.1 Å². The van der Waals surface area contributed by atoms with Gasteiger partial charge in [0.25, 0.3) is 5.56 Å². The molecule has 1 heterocycles. The molecule has 0 radical (unpaired) electrons. The Labute approximate surface area is 88.7 Å². The number of hydrogen-bond acceptors (Lipinski definition) is 4. The summed E-state index contributed by atoms with van der Waals surface area (Å²) in [4.78, 5) is 17.1. The van der Waals surface area contributed by atoms with Crippen LogP contribution >= 0.6 is 0 Å². The zero-order valence-electron chi connectivity index (χ0n) is 8.39. The van der Waals surface area contributed by atoms with E-state index in [2.05, 4.69) is 15.3 Å². The molecule has 0 saturated heterocycles. The third-order valence-electron chi connectivity index (χ3n) is 1.72. The average Bonchev–Trinajstić information content (AvgIpc) is 2.16. The second-order valence-electron chi connectivity index (χ2n) is 2.91. The number of halogens is 3. The lowest BCUT2D eigenvalue weighted by atomic mass is 10.4. The molecule has 0 aliphatic heterocycles. The van der Waals surface area contributed by atoms with Gasteiger partial charge in [0, 0.05) is 6.54 Å². The van der Waals surface area contributed by atoms with Gasteiger partial charge in [0.1, 0.15) is 0 Å². The summed E-state index contributed by atoms with van der Waals surface area (Å²) in [6.45, 7) is -0.365. The van der Waals surface area contributed by atoms with Crippen LogP contribution in [0.15, 0.2) is 11.1 Å². The van der Waals surface area contributed by atoms with Gasteiger partial charge < -0.3 is 15.0 Å². The van der Waals surface area contributed by atoms with Crippen LogP contribution in [0.2, 0.25) is 0 Å². The van der Waals surface area contributed by atoms with Crippen LogP contribution in [0.1, 0.15) is 6.42 Å². The molecule has 0 atom stereocenters. The first-order valence-corrected chi connectivity index (χ1v) is 4.36.